The largest absolute Gasteiger partial charge is 0.381 e. The molecule has 0 aliphatic carbocycles. The number of sulfonamides is 1. The number of carbonyl (C=O) groups excluding carboxylic acids is 1. The van der Waals surface area contributed by atoms with Crippen LogP contribution in [-0.2, 0) is 19.6 Å². The molecule has 2 aliphatic rings. The Morgan fingerprint density at radius 1 is 1.13 bits per heavy atom. The summed E-state index contributed by atoms with van der Waals surface area (Å²) in [7, 11) is -3.93. The highest BCUT2D eigenvalue weighted by Gasteiger charge is 2.54. The number of carbonyl (C=O) groups is 1. The molecule has 0 saturated carbocycles. The predicted octanol–water partition coefficient (Wildman–Crippen LogP) is 1.65. The lowest BCUT2D eigenvalue weighted by molar-refractivity contribution is -0.134. The van der Waals surface area contributed by atoms with Crippen molar-refractivity contribution in [1.29, 1.82) is 0 Å². The van der Waals surface area contributed by atoms with Gasteiger partial charge in [-0.05, 0) is 30.5 Å². The van der Waals surface area contributed by atoms with E-state index < -0.39 is 20.7 Å². The van der Waals surface area contributed by atoms with Gasteiger partial charge >= 0.3 is 0 Å². The smallest absolute Gasteiger partial charge is 0.266 e. The molecule has 0 bridgehead atoms. The van der Waals surface area contributed by atoms with Crippen LogP contribution in [0.1, 0.15) is 12.8 Å². The summed E-state index contributed by atoms with van der Waals surface area (Å²) in [4.78, 5) is 15.7. The lowest BCUT2D eigenvalue weighted by Gasteiger charge is -2.42. The summed E-state index contributed by atoms with van der Waals surface area (Å²) in [6.45, 7) is 2.04. The Kier molecular flexibility index (Phi) is 8.33. The number of anilines is 1. The van der Waals surface area contributed by atoms with Crippen LogP contribution in [0.3, 0.4) is 0 Å². The van der Waals surface area contributed by atoms with Crippen LogP contribution >= 0.6 is 23.5 Å². The Morgan fingerprint density at radius 2 is 1.77 bits per heavy atom. The second-order valence-electron chi connectivity index (χ2n) is 7.27. The number of amides is 1. The van der Waals surface area contributed by atoms with E-state index in [9.17, 15) is 13.2 Å². The average Bonchev–Trinajstić information content (AvgIpc) is 2.79. The molecule has 0 aromatic heterocycles. The van der Waals surface area contributed by atoms with Gasteiger partial charge in [0.1, 0.15) is 0 Å². The third-order valence-corrected chi connectivity index (χ3v) is 10.2. The molecule has 1 aromatic rings. The summed E-state index contributed by atoms with van der Waals surface area (Å²) >= 11 is 3.66. The number of thioether (sulfide) groups is 2. The van der Waals surface area contributed by atoms with Crippen molar-refractivity contribution < 1.29 is 23.2 Å². The number of hydrogen-bond acceptors (Lipinski definition) is 8. The van der Waals surface area contributed by atoms with E-state index in [2.05, 4.69) is 35.4 Å². The maximum absolute atomic E-state index is 13.4. The van der Waals surface area contributed by atoms with Crippen LogP contribution < -0.4 is 10.4 Å². The highest BCUT2D eigenvalue weighted by molar-refractivity contribution is 8.02. The summed E-state index contributed by atoms with van der Waals surface area (Å²) < 4.78 is 31.7. The molecule has 0 unspecified atom stereocenters. The molecule has 1 aromatic carbocycles. The molecule has 1 amide bonds. The fourth-order valence-electron chi connectivity index (χ4n) is 3.83. The average molecular weight is 476 g/mol. The van der Waals surface area contributed by atoms with E-state index in [4.69, 9.17) is 9.94 Å². The van der Waals surface area contributed by atoms with E-state index in [1.165, 1.54) is 9.20 Å². The Balaban J connectivity index is 1.64. The molecule has 0 radical (unpaired) electrons. The van der Waals surface area contributed by atoms with Crippen molar-refractivity contribution in [2.45, 2.75) is 22.5 Å². The number of rotatable bonds is 8. The van der Waals surface area contributed by atoms with Gasteiger partial charge in [-0.3, -0.25) is 10.0 Å². The van der Waals surface area contributed by atoms with E-state index in [-0.39, 0.29) is 26.1 Å². The van der Waals surface area contributed by atoms with E-state index in [1.54, 1.807) is 5.48 Å². The van der Waals surface area contributed by atoms with Crippen molar-refractivity contribution in [3.63, 3.8) is 0 Å². The normalized spacial score (nSPS) is 20.1. The Hall–Kier alpha value is -0.980. The molecule has 0 spiro atoms. The summed E-state index contributed by atoms with van der Waals surface area (Å²) in [5.41, 5.74) is 2.63. The van der Waals surface area contributed by atoms with Crippen LogP contribution in [0.15, 0.2) is 29.2 Å². The maximum atomic E-state index is 13.4. The van der Waals surface area contributed by atoms with Gasteiger partial charge in [-0.15, -0.1) is 11.8 Å². The summed E-state index contributed by atoms with van der Waals surface area (Å²) in [5, 5.41) is 9.16. The molecule has 30 heavy (non-hydrogen) atoms. The third-order valence-electron chi connectivity index (χ3n) is 5.65. The van der Waals surface area contributed by atoms with Crippen LogP contribution in [0.2, 0.25) is 0 Å². The molecular formula is C19H29N3O5S3. The van der Waals surface area contributed by atoms with Crippen molar-refractivity contribution in [3.05, 3.63) is 24.3 Å². The molecule has 0 atom stereocenters. The Morgan fingerprint density at radius 3 is 2.33 bits per heavy atom. The van der Waals surface area contributed by atoms with Crippen molar-refractivity contribution in [2.75, 3.05) is 62.1 Å². The number of nitrogens with one attached hydrogen (secondary N) is 1. The number of ether oxygens (including phenoxy) is 1. The summed E-state index contributed by atoms with van der Waals surface area (Å²) in [5.74, 6) is 1.32. The molecule has 2 heterocycles. The Labute approximate surface area is 186 Å². The van der Waals surface area contributed by atoms with E-state index in [0.717, 1.165) is 17.2 Å². The molecular weight excluding hydrogens is 446 g/mol. The quantitative estimate of drug-likeness (QED) is 0.253. The molecule has 168 valence electrons. The monoisotopic (exact) mass is 475 g/mol. The zero-order valence-corrected chi connectivity index (χ0v) is 19.5. The van der Waals surface area contributed by atoms with Crippen LogP contribution in [-0.4, -0.2) is 85.7 Å². The zero-order valence-electron chi connectivity index (χ0n) is 17.1. The number of hydroxylamine groups is 1. The molecule has 2 saturated heterocycles. The fourth-order valence-corrected chi connectivity index (χ4v) is 7.50. The van der Waals surface area contributed by atoms with Crippen LogP contribution in [0.5, 0.6) is 0 Å². The van der Waals surface area contributed by atoms with Crippen molar-refractivity contribution in [1.82, 2.24) is 9.79 Å². The number of piperazine rings is 1. The van der Waals surface area contributed by atoms with E-state index in [1.807, 2.05) is 23.5 Å². The third kappa shape index (κ3) is 4.91. The molecule has 11 heteroatoms. The molecule has 8 nitrogen and oxygen atoms in total. The van der Waals surface area contributed by atoms with Gasteiger partial charge in [0.15, 0.2) is 4.75 Å². The topological polar surface area (TPSA) is 99.2 Å². The van der Waals surface area contributed by atoms with Gasteiger partial charge in [0.2, 0.25) is 10.0 Å². The standard InChI is InChI=1S/C19H29N3O5S3/c1-28-14-15-29-17-4-2-16(3-5-17)21-8-10-22(11-9-21)30(25,26)19(18(23)20-24)6-12-27-13-7-19/h2-5,24H,6-15H2,1H3,(H,20,23). The minimum absolute atomic E-state index is 0.0393. The lowest BCUT2D eigenvalue weighted by Crippen LogP contribution is -2.62. The molecule has 3 rings (SSSR count). The lowest BCUT2D eigenvalue weighted by atomic mass is 9.98. The van der Waals surface area contributed by atoms with Crippen LogP contribution in [0.25, 0.3) is 0 Å². The minimum Gasteiger partial charge on any atom is -0.381 e. The minimum atomic E-state index is -3.93. The molecule has 2 aliphatic heterocycles. The first-order valence-electron chi connectivity index (χ1n) is 9.93. The summed E-state index contributed by atoms with van der Waals surface area (Å²) in [6.07, 6.45) is 2.18. The Bertz CT molecular complexity index is 805. The van der Waals surface area contributed by atoms with Gasteiger partial charge in [0.25, 0.3) is 5.91 Å². The first-order valence-corrected chi connectivity index (χ1v) is 13.8. The first kappa shape index (κ1) is 23.7. The van der Waals surface area contributed by atoms with Gasteiger partial charge < -0.3 is 9.64 Å². The molecule has 2 N–H and O–H groups in total. The highest BCUT2D eigenvalue weighted by atomic mass is 32.2. The first-order chi connectivity index (χ1) is 14.4. The zero-order chi connectivity index (χ0) is 21.6. The van der Waals surface area contributed by atoms with E-state index in [0.29, 0.717) is 26.2 Å². The fraction of sp³-hybridized carbons (Fsp3) is 0.632. The van der Waals surface area contributed by atoms with Crippen molar-refractivity contribution in [3.8, 4) is 0 Å². The number of benzene rings is 1. The number of hydrogen-bond donors (Lipinski definition) is 2. The second-order valence-corrected chi connectivity index (χ2v) is 11.7. The van der Waals surface area contributed by atoms with Crippen molar-refractivity contribution in [2.24, 2.45) is 0 Å². The maximum Gasteiger partial charge on any atom is 0.266 e. The predicted molar refractivity (Wildman–Crippen MR) is 121 cm³/mol. The number of nitrogens with zero attached hydrogens (tertiary/aromatic N) is 2. The van der Waals surface area contributed by atoms with Gasteiger partial charge in [-0.1, -0.05) is 0 Å². The van der Waals surface area contributed by atoms with Gasteiger partial charge in [-0.2, -0.15) is 16.1 Å². The van der Waals surface area contributed by atoms with E-state index >= 15 is 0 Å². The molecule has 2 fully saturated rings. The van der Waals surface area contributed by atoms with Gasteiger partial charge in [0, 0.05) is 74.3 Å². The SMILES string of the molecule is CSCCSc1ccc(N2CCN(S(=O)(=O)C3(C(=O)NO)CCOCC3)CC2)cc1. The summed E-state index contributed by atoms with van der Waals surface area (Å²) in [6, 6.07) is 8.35. The van der Waals surface area contributed by atoms with Gasteiger partial charge in [0.05, 0.1) is 0 Å². The highest BCUT2D eigenvalue weighted by Crippen LogP contribution is 2.34. The van der Waals surface area contributed by atoms with Crippen LogP contribution in [0, 0.1) is 0 Å². The second kappa shape index (κ2) is 10.6. The van der Waals surface area contributed by atoms with Crippen molar-refractivity contribution >= 4 is 45.1 Å². The van der Waals surface area contributed by atoms with Gasteiger partial charge in [-0.25, -0.2) is 13.9 Å². The van der Waals surface area contributed by atoms with Crippen LogP contribution in [0.4, 0.5) is 5.69 Å².